The highest BCUT2D eigenvalue weighted by Gasteiger charge is 2.24. The number of amides is 1. The highest BCUT2D eigenvalue weighted by Crippen LogP contribution is 2.21. The number of rotatable bonds is 5. The van der Waals surface area contributed by atoms with Crippen LogP contribution in [-0.4, -0.2) is 46.7 Å². The number of aromatic nitrogens is 2. The molecule has 0 N–H and O–H groups in total. The molecule has 0 unspecified atom stereocenters. The molecule has 0 saturated carbocycles. The minimum absolute atomic E-state index is 0.142. The Labute approximate surface area is 139 Å². The number of hydrogen-bond donors (Lipinski definition) is 0. The topological polar surface area (TPSA) is 68.5 Å². The molecule has 1 aliphatic rings. The van der Waals surface area contributed by atoms with E-state index in [9.17, 15) is 4.79 Å². The summed E-state index contributed by atoms with van der Waals surface area (Å²) in [6.45, 7) is 5.89. The Morgan fingerprint density at radius 2 is 2.17 bits per heavy atom. The molecule has 2 aromatic heterocycles. The van der Waals surface area contributed by atoms with Gasteiger partial charge in [0, 0.05) is 31.3 Å². The number of thiophene rings is 1. The van der Waals surface area contributed by atoms with E-state index in [0.717, 1.165) is 30.8 Å². The first-order valence-corrected chi connectivity index (χ1v) is 8.70. The Hall–Kier alpha value is -1.73. The normalized spacial score (nSPS) is 16.0. The van der Waals surface area contributed by atoms with Gasteiger partial charge in [-0.25, -0.2) is 0 Å². The second kappa shape index (κ2) is 7.23. The van der Waals surface area contributed by atoms with Crippen molar-refractivity contribution < 1.29 is 14.1 Å². The van der Waals surface area contributed by atoms with Crippen molar-refractivity contribution in [3.8, 4) is 0 Å². The van der Waals surface area contributed by atoms with E-state index in [0.29, 0.717) is 24.7 Å². The van der Waals surface area contributed by atoms with Crippen molar-refractivity contribution in [1.29, 1.82) is 0 Å². The van der Waals surface area contributed by atoms with Crippen molar-refractivity contribution in [2.24, 2.45) is 0 Å². The molecule has 0 aromatic carbocycles. The average Bonchev–Trinajstić information content (AvgIpc) is 3.16. The van der Waals surface area contributed by atoms with Crippen LogP contribution in [0.25, 0.3) is 0 Å². The summed E-state index contributed by atoms with van der Waals surface area (Å²) in [7, 11) is 0. The standard InChI is InChI=1S/C16H21N3O3S/c1-11-3-4-14(23-11)16(20)19-8-5-13(6-9-19)21-10-7-15-17-12(2)22-18-15/h3-4,13H,5-10H2,1-2H3. The lowest BCUT2D eigenvalue weighted by atomic mass is 10.1. The third-order valence-corrected chi connectivity index (χ3v) is 4.92. The van der Waals surface area contributed by atoms with Gasteiger partial charge in [0.05, 0.1) is 17.6 Å². The molecule has 23 heavy (non-hydrogen) atoms. The number of piperidine rings is 1. The third kappa shape index (κ3) is 4.17. The maximum Gasteiger partial charge on any atom is 0.263 e. The van der Waals surface area contributed by atoms with E-state index in [-0.39, 0.29) is 12.0 Å². The quantitative estimate of drug-likeness (QED) is 0.840. The van der Waals surface area contributed by atoms with Gasteiger partial charge < -0.3 is 14.2 Å². The Balaban J connectivity index is 1.40. The summed E-state index contributed by atoms with van der Waals surface area (Å²) >= 11 is 1.56. The van der Waals surface area contributed by atoms with Gasteiger partial charge >= 0.3 is 0 Å². The number of carbonyl (C=O) groups excluding carboxylic acids is 1. The molecule has 7 heteroatoms. The lowest BCUT2D eigenvalue weighted by molar-refractivity contribution is 0.00961. The van der Waals surface area contributed by atoms with Crippen LogP contribution in [0.3, 0.4) is 0 Å². The Morgan fingerprint density at radius 3 is 2.78 bits per heavy atom. The van der Waals surface area contributed by atoms with Crippen molar-refractivity contribution in [3.63, 3.8) is 0 Å². The smallest absolute Gasteiger partial charge is 0.263 e. The lowest BCUT2D eigenvalue weighted by Crippen LogP contribution is -2.40. The van der Waals surface area contributed by atoms with Crippen molar-refractivity contribution in [3.05, 3.63) is 33.6 Å². The van der Waals surface area contributed by atoms with E-state index in [2.05, 4.69) is 10.1 Å². The summed E-state index contributed by atoms with van der Waals surface area (Å²) in [6, 6.07) is 3.91. The molecule has 1 amide bonds. The molecule has 0 radical (unpaired) electrons. The van der Waals surface area contributed by atoms with Crippen molar-refractivity contribution in [1.82, 2.24) is 15.0 Å². The van der Waals surface area contributed by atoms with Gasteiger partial charge in [0.25, 0.3) is 5.91 Å². The number of aryl methyl sites for hydroxylation is 2. The average molecular weight is 335 g/mol. The Bertz CT molecular complexity index is 659. The van der Waals surface area contributed by atoms with Crippen molar-refractivity contribution in [2.45, 2.75) is 39.2 Å². The van der Waals surface area contributed by atoms with Gasteiger partial charge in [0.2, 0.25) is 5.89 Å². The summed E-state index contributed by atoms with van der Waals surface area (Å²) in [4.78, 5) is 20.5. The highest BCUT2D eigenvalue weighted by molar-refractivity contribution is 7.13. The predicted molar refractivity (Wildman–Crippen MR) is 86.7 cm³/mol. The van der Waals surface area contributed by atoms with Crippen LogP contribution in [0.5, 0.6) is 0 Å². The molecule has 124 valence electrons. The van der Waals surface area contributed by atoms with Gasteiger partial charge in [-0.2, -0.15) is 4.98 Å². The van der Waals surface area contributed by atoms with E-state index < -0.39 is 0 Å². The van der Waals surface area contributed by atoms with Crippen LogP contribution in [0.4, 0.5) is 0 Å². The first-order chi connectivity index (χ1) is 11.1. The van der Waals surface area contributed by atoms with Gasteiger partial charge in [-0.3, -0.25) is 4.79 Å². The summed E-state index contributed by atoms with van der Waals surface area (Å²) < 4.78 is 10.8. The van der Waals surface area contributed by atoms with Crippen molar-refractivity contribution >= 4 is 17.2 Å². The van der Waals surface area contributed by atoms with Crippen LogP contribution in [0.15, 0.2) is 16.7 Å². The summed E-state index contributed by atoms with van der Waals surface area (Å²) in [6.07, 6.45) is 2.62. The lowest BCUT2D eigenvalue weighted by Gasteiger charge is -2.31. The van der Waals surface area contributed by atoms with Gasteiger partial charge in [0.15, 0.2) is 5.82 Å². The van der Waals surface area contributed by atoms with E-state index >= 15 is 0 Å². The summed E-state index contributed by atoms with van der Waals surface area (Å²) in [5.41, 5.74) is 0. The molecule has 3 rings (SSSR count). The fraction of sp³-hybridized carbons (Fsp3) is 0.562. The first kappa shape index (κ1) is 16.1. The maximum absolute atomic E-state index is 12.4. The molecule has 0 aliphatic carbocycles. The fourth-order valence-electron chi connectivity index (χ4n) is 2.69. The van der Waals surface area contributed by atoms with Crippen LogP contribution < -0.4 is 0 Å². The second-order valence-electron chi connectivity index (χ2n) is 5.75. The fourth-order valence-corrected chi connectivity index (χ4v) is 3.53. The van der Waals surface area contributed by atoms with Crippen LogP contribution in [-0.2, 0) is 11.2 Å². The van der Waals surface area contributed by atoms with Crippen LogP contribution in [0, 0.1) is 13.8 Å². The summed E-state index contributed by atoms with van der Waals surface area (Å²) in [5.74, 6) is 1.41. The summed E-state index contributed by atoms with van der Waals surface area (Å²) in [5, 5.41) is 3.85. The zero-order valence-corrected chi connectivity index (χ0v) is 14.3. The highest BCUT2D eigenvalue weighted by atomic mass is 32.1. The number of ether oxygens (including phenoxy) is 1. The van der Waals surface area contributed by atoms with Gasteiger partial charge in [-0.1, -0.05) is 5.16 Å². The van der Waals surface area contributed by atoms with Gasteiger partial charge in [0.1, 0.15) is 0 Å². The van der Waals surface area contributed by atoms with Crippen LogP contribution in [0.1, 0.15) is 39.1 Å². The van der Waals surface area contributed by atoms with Crippen molar-refractivity contribution in [2.75, 3.05) is 19.7 Å². The zero-order valence-electron chi connectivity index (χ0n) is 13.4. The number of carbonyl (C=O) groups is 1. The van der Waals surface area contributed by atoms with Gasteiger partial charge in [-0.05, 0) is 31.9 Å². The Morgan fingerprint density at radius 1 is 1.39 bits per heavy atom. The molecule has 2 aromatic rings. The van der Waals surface area contributed by atoms with E-state index in [4.69, 9.17) is 9.26 Å². The molecule has 3 heterocycles. The molecule has 1 fully saturated rings. The predicted octanol–water partition coefficient (Wildman–Crippen LogP) is 2.61. The minimum atomic E-state index is 0.142. The van der Waals surface area contributed by atoms with E-state index in [1.165, 1.54) is 4.88 Å². The minimum Gasteiger partial charge on any atom is -0.378 e. The van der Waals surface area contributed by atoms with E-state index in [1.807, 2.05) is 24.0 Å². The third-order valence-electron chi connectivity index (χ3n) is 3.93. The number of hydrogen-bond acceptors (Lipinski definition) is 6. The van der Waals surface area contributed by atoms with Crippen LogP contribution in [0.2, 0.25) is 0 Å². The SMILES string of the molecule is Cc1nc(CCOC2CCN(C(=O)c3ccc(C)s3)CC2)no1. The molecule has 0 spiro atoms. The molecule has 0 atom stereocenters. The number of nitrogens with zero attached hydrogens (tertiary/aromatic N) is 3. The molecular formula is C16H21N3O3S. The first-order valence-electron chi connectivity index (χ1n) is 7.88. The molecule has 0 bridgehead atoms. The number of likely N-dealkylation sites (tertiary alicyclic amines) is 1. The monoisotopic (exact) mass is 335 g/mol. The second-order valence-corrected chi connectivity index (χ2v) is 7.04. The zero-order chi connectivity index (χ0) is 16.2. The molecule has 1 saturated heterocycles. The maximum atomic E-state index is 12.4. The Kier molecular flexibility index (Phi) is 5.07. The molecule has 1 aliphatic heterocycles. The molecular weight excluding hydrogens is 314 g/mol. The van der Waals surface area contributed by atoms with Gasteiger partial charge in [-0.15, -0.1) is 11.3 Å². The molecule has 6 nitrogen and oxygen atoms in total. The van der Waals surface area contributed by atoms with Crippen LogP contribution >= 0.6 is 11.3 Å². The largest absolute Gasteiger partial charge is 0.378 e. The van der Waals surface area contributed by atoms with E-state index in [1.54, 1.807) is 18.3 Å².